The molecule has 0 spiro atoms. The van der Waals surface area contributed by atoms with E-state index < -0.39 is 5.54 Å². The molecule has 1 aromatic heterocycles. The second kappa shape index (κ2) is 6.19. The summed E-state index contributed by atoms with van der Waals surface area (Å²) in [6, 6.07) is 11.4. The highest BCUT2D eigenvalue weighted by Gasteiger charge is 2.33. The second-order valence-corrected chi connectivity index (χ2v) is 6.90. The number of pyridine rings is 1. The first-order valence-electron chi connectivity index (χ1n) is 8.26. The number of aromatic nitrogens is 1. The average Bonchev–Trinajstić information content (AvgIpc) is 2.55. The molecule has 1 amide bonds. The monoisotopic (exact) mass is 322 g/mol. The van der Waals surface area contributed by atoms with Crippen LogP contribution in [-0.2, 0) is 10.3 Å². The quantitative estimate of drug-likeness (QED) is 0.941. The van der Waals surface area contributed by atoms with Gasteiger partial charge in [0.05, 0.1) is 11.5 Å². The molecule has 0 fully saturated rings. The average molecular weight is 322 g/mol. The number of fused-ring (bicyclic) bond motifs is 1. The van der Waals surface area contributed by atoms with Crippen molar-refractivity contribution in [3.05, 3.63) is 65.0 Å². The molecule has 1 N–H and O–H groups in total. The van der Waals surface area contributed by atoms with Crippen molar-refractivity contribution < 1.29 is 9.59 Å². The highest BCUT2D eigenvalue weighted by molar-refractivity contribution is 6.01. The number of aryl methyl sites for hydroxylation is 1. The van der Waals surface area contributed by atoms with Crippen molar-refractivity contribution in [2.45, 2.75) is 45.1 Å². The minimum atomic E-state index is -0.520. The number of carbonyl (C=O) groups is 2. The normalized spacial score (nSPS) is 17.3. The van der Waals surface area contributed by atoms with Crippen LogP contribution in [0.3, 0.4) is 0 Å². The smallest absolute Gasteiger partial charge is 0.228 e. The number of nitrogens with one attached hydrogen (secondary N) is 1. The lowest BCUT2D eigenvalue weighted by atomic mass is 9.81. The van der Waals surface area contributed by atoms with Gasteiger partial charge in [0, 0.05) is 23.9 Å². The minimum Gasteiger partial charge on any atom is -0.347 e. The highest BCUT2D eigenvalue weighted by atomic mass is 16.2. The number of hydrogen-bond donors (Lipinski definition) is 1. The summed E-state index contributed by atoms with van der Waals surface area (Å²) in [6.07, 6.45) is 2.78. The van der Waals surface area contributed by atoms with Gasteiger partial charge in [0.25, 0.3) is 0 Å². The first-order chi connectivity index (χ1) is 11.4. The Morgan fingerprint density at radius 3 is 2.67 bits per heavy atom. The Labute approximate surface area is 142 Å². The lowest BCUT2D eigenvalue weighted by Gasteiger charge is -2.31. The maximum absolute atomic E-state index is 12.9. The minimum absolute atomic E-state index is 0.0412. The van der Waals surface area contributed by atoms with E-state index in [1.807, 2.05) is 57.2 Å². The molecule has 3 rings (SSSR count). The second-order valence-electron chi connectivity index (χ2n) is 6.90. The zero-order valence-corrected chi connectivity index (χ0v) is 14.3. The van der Waals surface area contributed by atoms with Crippen LogP contribution in [0, 0.1) is 6.92 Å². The first-order valence-corrected chi connectivity index (χ1v) is 8.26. The molecular weight excluding hydrogens is 300 g/mol. The van der Waals surface area contributed by atoms with E-state index in [0.717, 1.165) is 16.8 Å². The fourth-order valence-electron chi connectivity index (χ4n) is 3.20. The van der Waals surface area contributed by atoms with E-state index in [9.17, 15) is 9.59 Å². The van der Waals surface area contributed by atoms with E-state index in [4.69, 9.17) is 0 Å². The van der Waals surface area contributed by atoms with Gasteiger partial charge in [0.15, 0.2) is 5.78 Å². The standard InChI is InChI=1S/C20H22N2O2/c1-13-8-9-14(12-21-13)20(2,3)22-19(24)17-10-11-18(23)16-7-5-4-6-15(16)17/h4-9,12,17H,10-11H2,1-3H3,(H,22,24). The first kappa shape index (κ1) is 16.4. The molecule has 1 aliphatic rings. The summed E-state index contributed by atoms with van der Waals surface area (Å²) in [7, 11) is 0. The Balaban J connectivity index is 1.84. The molecule has 4 heteroatoms. The molecule has 2 aromatic rings. The lowest BCUT2D eigenvalue weighted by Crippen LogP contribution is -2.44. The van der Waals surface area contributed by atoms with Crippen molar-refractivity contribution in [2.75, 3.05) is 0 Å². The van der Waals surface area contributed by atoms with Crippen LogP contribution in [0.25, 0.3) is 0 Å². The molecule has 4 nitrogen and oxygen atoms in total. The molecule has 1 unspecified atom stereocenters. The van der Waals surface area contributed by atoms with Gasteiger partial charge < -0.3 is 5.32 Å². The number of nitrogens with zero attached hydrogens (tertiary/aromatic N) is 1. The van der Waals surface area contributed by atoms with Crippen molar-refractivity contribution in [3.63, 3.8) is 0 Å². The van der Waals surface area contributed by atoms with Gasteiger partial charge >= 0.3 is 0 Å². The third-order valence-corrected chi connectivity index (χ3v) is 4.68. The van der Waals surface area contributed by atoms with Crippen LogP contribution in [0.15, 0.2) is 42.6 Å². The van der Waals surface area contributed by atoms with Crippen LogP contribution in [0.5, 0.6) is 0 Å². The number of Topliss-reactive ketones (excluding diaryl/α,β-unsaturated/α-hetero) is 1. The molecule has 124 valence electrons. The number of benzene rings is 1. The van der Waals surface area contributed by atoms with Gasteiger partial charge in [-0.1, -0.05) is 30.3 Å². The van der Waals surface area contributed by atoms with E-state index in [1.165, 1.54) is 0 Å². The Kier molecular flexibility index (Phi) is 4.22. The predicted octanol–water partition coefficient (Wildman–Crippen LogP) is 3.50. The van der Waals surface area contributed by atoms with Crippen LogP contribution in [-0.4, -0.2) is 16.7 Å². The molecule has 0 aliphatic heterocycles. The summed E-state index contributed by atoms with van der Waals surface area (Å²) in [5.41, 5.74) is 2.90. The number of ketones is 1. The Bertz CT molecular complexity index is 778. The number of rotatable bonds is 3. The van der Waals surface area contributed by atoms with Crippen LogP contribution in [0.4, 0.5) is 0 Å². The summed E-state index contributed by atoms with van der Waals surface area (Å²) < 4.78 is 0. The topological polar surface area (TPSA) is 59.1 Å². The maximum Gasteiger partial charge on any atom is 0.228 e. The van der Waals surface area contributed by atoms with Crippen LogP contribution in [0.1, 0.15) is 59.8 Å². The summed E-state index contributed by atoms with van der Waals surface area (Å²) >= 11 is 0. The number of amides is 1. The fourth-order valence-corrected chi connectivity index (χ4v) is 3.20. The van der Waals surface area contributed by atoms with Crippen molar-refractivity contribution in [2.24, 2.45) is 0 Å². The van der Waals surface area contributed by atoms with Gasteiger partial charge in [-0.15, -0.1) is 0 Å². The molecule has 1 aliphatic carbocycles. The van der Waals surface area contributed by atoms with Crippen LogP contribution >= 0.6 is 0 Å². The SMILES string of the molecule is Cc1ccc(C(C)(C)NC(=O)C2CCC(=O)c3ccccc32)cn1. The van der Waals surface area contributed by atoms with Crippen LogP contribution in [0.2, 0.25) is 0 Å². The molecule has 0 radical (unpaired) electrons. The van der Waals surface area contributed by atoms with E-state index in [0.29, 0.717) is 18.4 Å². The van der Waals surface area contributed by atoms with Gasteiger partial charge in [-0.05, 0) is 44.4 Å². The Morgan fingerprint density at radius 1 is 1.21 bits per heavy atom. The zero-order valence-electron chi connectivity index (χ0n) is 14.3. The van der Waals surface area contributed by atoms with Gasteiger partial charge in [0.1, 0.15) is 0 Å². The predicted molar refractivity (Wildman–Crippen MR) is 92.9 cm³/mol. The van der Waals surface area contributed by atoms with E-state index in [-0.39, 0.29) is 17.6 Å². The van der Waals surface area contributed by atoms with E-state index >= 15 is 0 Å². The highest BCUT2D eigenvalue weighted by Crippen LogP contribution is 2.32. The van der Waals surface area contributed by atoms with Gasteiger partial charge in [-0.2, -0.15) is 0 Å². The third-order valence-electron chi connectivity index (χ3n) is 4.68. The number of carbonyl (C=O) groups excluding carboxylic acids is 2. The molecule has 1 heterocycles. The Morgan fingerprint density at radius 2 is 1.96 bits per heavy atom. The van der Waals surface area contributed by atoms with Crippen molar-refractivity contribution in [1.82, 2.24) is 10.3 Å². The summed E-state index contributed by atoms with van der Waals surface area (Å²) in [5.74, 6) is -0.200. The molecular formula is C20H22N2O2. The molecule has 24 heavy (non-hydrogen) atoms. The molecule has 0 bridgehead atoms. The molecule has 1 atom stereocenters. The summed E-state index contributed by atoms with van der Waals surface area (Å²) in [5, 5.41) is 3.13. The maximum atomic E-state index is 12.9. The van der Waals surface area contributed by atoms with Crippen molar-refractivity contribution >= 4 is 11.7 Å². The molecule has 0 saturated carbocycles. The van der Waals surface area contributed by atoms with Crippen molar-refractivity contribution in [3.8, 4) is 0 Å². The fraction of sp³-hybridized carbons (Fsp3) is 0.350. The van der Waals surface area contributed by atoms with Gasteiger partial charge in [0.2, 0.25) is 5.91 Å². The Hall–Kier alpha value is -2.49. The lowest BCUT2D eigenvalue weighted by molar-refractivity contribution is -0.124. The van der Waals surface area contributed by atoms with Gasteiger partial charge in [-0.3, -0.25) is 14.6 Å². The van der Waals surface area contributed by atoms with Crippen molar-refractivity contribution in [1.29, 1.82) is 0 Å². The molecule has 0 saturated heterocycles. The summed E-state index contributed by atoms with van der Waals surface area (Å²) in [6.45, 7) is 5.87. The van der Waals surface area contributed by atoms with Crippen LogP contribution < -0.4 is 5.32 Å². The summed E-state index contributed by atoms with van der Waals surface area (Å²) in [4.78, 5) is 29.2. The largest absolute Gasteiger partial charge is 0.347 e. The number of hydrogen-bond acceptors (Lipinski definition) is 3. The molecule has 1 aromatic carbocycles. The van der Waals surface area contributed by atoms with Gasteiger partial charge in [-0.25, -0.2) is 0 Å². The zero-order chi connectivity index (χ0) is 17.3. The van der Waals surface area contributed by atoms with E-state index in [1.54, 1.807) is 6.20 Å². The van der Waals surface area contributed by atoms with E-state index in [2.05, 4.69) is 10.3 Å². The third kappa shape index (κ3) is 3.09.